The third-order valence-electron chi connectivity index (χ3n) is 5.06. The number of fused-ring (bicyclic) bond motifs is 1. The third-order valence-corrected chi connectivity index (χ3v) is 5.06. The second-order valence-electron chi connectivity index (χ2n) is 6.86. The van der Waals surface area contributed by atoms with Gasteiger partial charge in [0.05, 0.1) is 5.69 Å². The van der Waals surface area contributed by atoms with Gasteiger partial charge >= 0.3 is 0 Å². The monoisotopic (exact) mass is 390 g/mol. The number of anilines is 2. The van der Waals surface area contributed by atoms with Crippen LogP contribution in [0.3, 0.4) is 0 Å². The smallest absolute Gasteiger partial charge is 0.227 e. The van der Waals surface area contributed by atoms with Crippen LogP contribution in [0.2, 0.25) is 0 Å². The Hall–Kier alpha value is -3.89. The van der Waals surface area contributed by atoms with Crippen molar-refractivity contribution < 1.29 is 4.79 Å². The van der Waals surface area contributed by atoms with Gasteiger partial charge < -0.3 is 10.2 Å². The lowest BCUT2D eigenvalue weighted by Gasteiger charge is -2.31. The summed E-state index contributed by atoms with van der Waals surface area (Å²) in [6.07, 6.45) is 4.64. The quantitative estimate of drug-likeness (QED) is 0.547. The van der Waals surface area contributed by atoms with Crippen molar-refractivity contribution in [3.05, 3.63) is 49.1 Å². The lowest BCUT2D eigenvalue weighted by molar-refractivity contribution is -0.120. The molecular formula is C18H18N10O. The molecule has 0 saturated carbocycles. The van der Waals surface area contributed by atoms with Crippen LogP contribution >= 0.6 is 0 Å². The first kappa shape index (κ1) is 17.2. The zero-order chi connectivity index (χ0) is 19.6. The van der Waals surface area contributed by atoms with Crippen molar-refractivity contribution in [3.8, 4) is 5.69 Å². The molecule has 11 nitrogen and oxygen atoms in total. The summed E-state index contributed by atoms with van der Waals surface area (Å²) in [5, 5.41) is 22.8. The number of aromatic nitrogens is 8. The second kappa shape index (κ2) is 7.26. The van der Waals surface area contributed by atoms with E-state index in [1.165, 1.54) is 11.0 Å². The molecule has 0 bridgehead atoms. The van der Waals surface area contributed by atoms with Gasteiger partial charge in [0.25, 0.3) is 0 Å². The SMILES string of the molecule is O=C(Nc1ccc(-n2cncn2)cc1)C1CCN(c2ccc3nnnn3n2)CC1. The van der Waals surface area contributed by atoms with Gasteiger partial charge in [-0.25, -0.2) is 9.67 Å². The summed E-state index contributed by atoms with van der Waals surface area (Å²) < 4.78 is 3.08. The molecule has 0 aliphatic carbocycles. The molecule has 1 N–H and O–H groups in total. The maximum Gasteiger partial charge on any atom is 0.227 e. The van der Waals surface area contributed by atoms with Crippen molar-refractivity contribution in [2.24, 2.45) is 5.92 Å². The van der Waals surface area contributed by atoms with Gasteiger partial charge in [0.2, 0.25) is 5.91 Å². The molecule has 1 aromatic carbocycles. The Kier molecular flexibility index (Phi) is 4.31. The molecule has 4 heterocycles. The van der Waals surface area contributed by atoms with Gasteiger partial charge in [0, 0.05) is 24.7 Å². The molecule has 1 aliphatic rings. The normalized spacial score (nSPS) is 15.0. The van der Waals surface area contributed by atoms with Gasteiger partial charge in [-0.3, -0.25) is 4.79 Å². The maximum absolute atomic E-state index is 12.7. The summed E-state index contributed by atoms with van der Waals surface area (Å²) in [5.41, 5.74) is 2.27. The molecule has 4 aromatic rings. The zero-order valence-electron chi connectivity index (χ0n) is 15.5. The van der Waals surface area contributed by atoms with E-state index in [9.17, 15) is 4.79 Å². The van der Waals surface area contributed by atoms with Crippen LogP contribution < -0.4 is 10.2 Å². The van der Waals surface area contributed by atoms with Crippen LogP contribution in [0.15, 0.2) is 49.1 Å². The molecule has 1 fully saturated rings. The molecule has 0 unspecified atom stereocenters. The topological polar surface area (TPSA) is 119 Å². The molecular weight excluding hydrogens is 372 g/mol. The van der Waals surface area contributed by atoms with Crippen molar-refractivity contribution in [2.45, 2.75) is 12.8 Å². The van der Waals surface area contributed by atoms with E-state index in [2.05, 4.69) is 40.9 Å². The van der Waals surface area contributed by atoms with E-state index in [1.54, 1.807) is 11.0 Å². The van der Waals surface area contributed by atoms with E-state index in [1.807, 2.05) is 36.4 Å². The highest BCUT2D eigenvalue weighted by molar-refractivity contribution is 5.92. The van der Waals surface area contributed by atoms with Crippen LogP contribution in [-0.4, -0.2) is 59.0 Å². The lowest BCUT2D eigenvalue weighted by atomic mass is 9.96. The Morgan fingerprint density at radius 2 is 1.90 bits per heavy atom. The van der Waals surface area contributed by atoms with Crippen molar-refractivity contribution in [2.75, 3.05) is 23.3 Å². The largest absolute Gasteiger partial charge is 0.355 e. The highest BCUT2D eigenvalue weighted by Crippen LogP contribution is 2.23. The first-order valence-corrected chi connectivity index (χ1v) is 9.32. The maximum atomic E-state index is 12.7. The van der Waals surface area contributed by atoms with Gasteiger partial charge in [-0.2, -0.15) is 5.10 Å². The van der Waals surface area contributed by atoms with Crippen LogP contribution in [0, 0.1) is 5.92 Å². The van der Waals surface area contributed by atoms with Crippen molar-refractivity contribution in [3.63, 3.8) is 0 Å². The Balaban J connectivity index is 1.19. The minimum atomic E-state index is -0.0296. The first-order chi connectivity index (χ1) is 14.3. The van der Waals surface area contributed by atoms with E-state index in [4.69, 9.17) is 0 Å². The zero-order valence-corrected chi connectivity index (χ0v) is 15.5. The van der Waals surface area contributed by atoms with E-state index >= 15 is 0 Å². The highest BCUT2D eigenvalue weighted by Gasteiger charge is 2.26. The molecule has 0 spiro atoms. The van der Waals surface area contributed by atoms with E-state index in [0.717, 1.165) is 43.1 Å². The van der Waals surface area contributed by atoms with Crippen molar-refractivity contribution in [1.82, 2.24) is 40.0 Å². The number of nitrogens with one attached hydrogen (secondary N) is 1. The number of hydrogen-bond acceptors (Lipinski definition) is 8. The summed E-state index contributed by atoms with van der Waals surface area (Å²) in [4.78, 5) is 18.7. The molecule has 1 aliphatic heterocycles. The van der Waals surface area contributed by atoms with Crippen molar-refractivity contribution >= 4 is 23.1 Å². The van der Waals surface area contributed by atoms with Gasteiger partial charge in [0.15, 0.2) is 11.5 Å². The Bertz CT molecular complexity index is 1110. The summed E-state index contributed by atoms with van der Waals surface area (Å²) >= 11 is 0. The number of amides is 1. The van der Waals surface area contributed by atoms with Crippen LogP contribution in [-0.2, 0) is 4.79 Å². The third kappa shape index (κ3) is 3.49. The fraction of sp³-hybridized carbons (Fsp3) is 0.278. The van der Waals surface area contributed by atoms with E-state index < -0.39 is 0 Å². The van der Waals surface area contributed by atoms with Crippen LogP contribution in [0.5, 0.6) is 0 Å². The molecule has 0 atom stereocenters. The summed E-state index contributed by atoms with van der Waals surface area (Å²) in [6, 6.07) is 11.3. The van der Waals surface area contributed by atoms with E-state index in [0.29, 0.717) is 5.65 Å². The molecule has 5 rings (SSSR count). The van der Waals surface area contributed by atoms with Crippen LogP contribution in [0.4, 0.5) is 11.5 Å². The second-order valence-corrected chi connectivity index (χ2v) is 6.86. The molecule has 1 amide bonds. The predicted octanol–water partition coefficient (Wildman–Crippen LogP) is 0.955. The van der Waals surface area contributed by atoms with Gasteiger partial charge in [0.1, 0.15) is 12.7 Å². The number of hydrogen-bond donors (Lipinski definition) is 1. The molecule has 146 valence electrons. The first-order valence-electron chi connectivity index (χ1n) is 9.32. The fourth-order valence-corrected chi connectivity index (χ4v) is 3.46. The average Bonchev–Trinajstić information content (AvgIpc) is 3.46. The highest BCUT2D eigenvalue weighted by atomic mass is 16.1. The predicted molar refractivity (Wildman–Crippen MR) is 104 cm³/mol. The molecule has 1 saturated heterocycles. The Morgan fingerprint density at radius 3 is 2.66 bits per heavy atom. The summed E-state index contributed by atoms with van der Waals surface area (Å²) in [7, 11) is 0. The minimum Gasteiger partial charge on any atom is -0.355 e. The standard InChI is InChI=1S/C18H18N10O/c29-18(21-14-1-3-15(4-2-14)27-12-19-11-20-27)13-7-9-26(10-8-13)17-6-5-16-22-24-25-28(16)23-17/h1-6,11-13H,7-10H2,(H,21,29). The minimum absolute atomic E-state index is 0.0296. The number of carbonyl (C=O) groups is 1. The molecule has 29 heavy (non-hydrogen) atoms. The molecule has 11 heteroatoms. The number of nitrogens with zero attached hydrogens (tertiary/aromatic N) is 9. The Labute approximate surface area is 165 Å². The summed E-state index contributed by atoms with van der Waals surface area (Å²) in [5.74, 6) is 0.826. The number of benzene rings is 1. The average molecular weight is 390 g/mol. The van der Waals surface area contributed by atoms with Crippen molar-refractivity contribution in [1.29, 1.82) is 0 Å². The molecule has 0 radical (unpaired) electrons. The van der Waals surface area contributed by atoms with Gasteiger partial charge in [-0.1, -0.05) is 0 Å². The lowest BCUT2D eigenvalue weighted by Crippen LogP contribution is -2.38. The summed E-state index contributed by atoms with van der Waals surface area (Å²) in [6.45, 7) is 1.51. The fourth-order valence-electron chi connectivity index (χ4n) is 3.46. The number of carbonyl (C=O) groups excluding carboxylic acids is 1. The number of piperidine rings is 1. The van der Waals surface area contributed by atoms with Crippen LogP contribution in [0.1, 0.15) is 12.8 Å². The van der Waals surface area contributed by atoms with Gasteiger partial charge in [-0.15, -0.1) is 14.8 Å². The number of rotatable bonds is 4. The van der Waals surface area contributed by atoms with Crippen LogP contribution in [0.25, 0.3) is 11.3 Å². The number of tetrazole rings is 1. The Morgan fingerprint density at radius 1 is 1.07 bits per heavy atom. The van der Waals surface area contributed by atoms with E-state index in [-0.39, 0.29) is 11.8 Å². The molecule has 3 aromatic heterocycles. The van der Waals surface area contributed by atoms with Gasteiger partial charge in [-0.05, 0) is 59.7 Å².